The Labute approximate surface area is 586 Å². The number of anilines is 3. The van der Waals surface area contributed by atoms with Gasteiger partial charge in [0, 0.05) is 86.4 Å². The van der Waals surface area contributed by atoms with Crippen LogP contribution in [0, 0.1) is 31.0 Å². The molecule has 20 nitrogen and oxygen atoms in total. The van der Waals surface area contributed by atoms with E-state index in [0.29, 0.717) is 90.9 Å². The lowest BCUT2D eigenvalue weighted by Gasteiger charge is -2.48. The van der Waals surface area contributed by atoms with Gasteiger partial charge in [0.05, 0.1) is 56.9 Å². The van der Waals surface area contributed by atoms with Crippen molar-refractivity contribution in [1.82, 2.24) is 55.1 Å². The summed E-state index contributed by atoms with van der Waals surface area (Å²) in [6, 6.07) is 17.4. The highest BCUT2D eigenvalue weighted by molar-refractivity contribution is 7.13. The number of fused-ring (bicyclic) bond motifs is 3. The Morgan fingerprint density at radius 2 is 1.52 bits per heavy atom. The summed E-state index contributed by atoms with van der Waals surface area (Å²) in [4.78, 5) is 111. The number of thiazole rings is 1. The number of halogens is 1. The number of piperidine rings is 3. The van der Waals surface area contributed by atoms with Crippen molar-refractivity contribution in [3.05, 3.63) is 106 Å². The third-order valence-corrected chi connectivity index (χ3v) is 23.0. The first-order chi connectivity index (χ1) is 47.3. The maximum absolute atomic E-state index is 16.0. The number of imidazole rings is 1. The van der Waals surface area contributed by atoms with E-state index in [2.05, 4.69) is 66.9 Å². The number of aliphatic hydroxyl groups excluding tert-OH is 1. The Balaban J connectivity index is 0.634. The summed E-state index contributed by atoms with van der Waals surface area (Å²) in [5.74, 6) is -0.600. The molecule has 3 aromatic heterocycles. The third-order valence-electron chi connectivity index (χ3n) is 22.0. The van der Waals surface area contributed by atoms with Crippen molar-refractivity contribution >= 4 is 75.0 Å². The van der Waals surface area contributed by atoms with Crippen molar-refractivity contribution in [2.24, 2.45) is 11.3 Å². The molecule has 4 atom stereocenters. The average molecular weight is 1370 g/mol. The highest BCUT2D eigenvalue weighted by Crippen LogP contribution is 2.52. The van der Waals surface area contributed by atoms with E-state index in [1.807, 2.05) is 99.8 Å². The predicted octanol–water partition coefficient (Wildman–Crippen LogP) is 11.7. The molecule has 12 rings (SSSR count). The third kappa shape index (κ3) is 15.3. The molecule has 5 fully saturated rings. The van der Waals surface area contributed by atoms with Gasteiger partial charge in [-0.15, -0.1) is 11.3 Å². The van der Waals surface area contributed by atoms with Crippen LogP contribution in [0.1, 0.15) is 197 Å². The first kappa shape index (κ1) is 71.2. The summed E-state index contributed by atoms with van der Waals surface area (Å²) < 4.78 is 18.0. The van der Waals surface area contributed by atoms with Crippen LogP contribution in [0.15, 0.2) is 72.5 Å². The van der Waals surface area contributed by atoms with E-state index < -0.39 is 34.8 Å². The number of aliphatic hydroxyl groups is 1. The zero-order valence-electron chi connectivity index (χ0n) is 59.6. The van der Waals surface area contributed by atoms with Crippen LogP contribution in [-0.2, 0) is 29.4 Å². The molecule has 8 heterocycles. The van der Waals surface area contributed by atoms with Gasteiger partial charge in [-0.05, 0) is 190 Å². The van der Waals surface area contributed by atoms with Crippen molar-refractivity contribution < 1.29 is 38.3 Å². The number of benzene rings is 3. The van der Waals surface area contributed by atoms with Crippen molar-refractivity contribution in [2.45, 2.75) is 219 Å². The largest absolute Gasteiger partial charge is 0.391 e. The fourth-order valence-corrected chi connectivity index (χ4v) is 16.9. The number of hydrogen-bond donors (Lipinski definition) is 5. The molecule has 530 valence electrons. The van der Waals surface area contributed by atoms with Crippen LogP contribution in [-0.4, -0.2) is 168 Å². The molecular weight excluding hydrogens is 1270 g/mol. The Hall–Kier alpha value is -7.66. The summed E-state index contributed by atoms with van der Waals surface area (Å²) in [5, 5.41) is 23.1. The van der Waals surface area contributed by atoms with Crippen LogP contribution in [0.5, 0.6) is 0 Å². The smallest absolute Gasteiger partial charge is 0.251 e. The molecule has 1 aliphatic carbocycles. The highest BCUT2D eigenvalue weighted by atomic mass is 32.1. The van der Waals surface area contributed by atoms with Crippen LogP contribution in [0.25, 0.3) is 32.7 Å². The average Bonchev–Trinajstić information content (AvgIpc) is 1.56. The summed E-state index contributed by atoms with van der Waals surface area (Å²) >= 11 is 1.58. The van der Waals surface area contributed by atoms with Gasteiger partial charge in [-0.1, -0.05) is 76.4 Å². The van der Waals surface area contributed by atoms with Crippen LogP contribution >= 0.6 is 11.3 Å². The van der Waals surface area contributed by atoms with Crippen LogP contribution in [0.3, 0.4) is 0 Å². The van der Waals surface area contributed by atoms with Crippen molar-refractivity contribution in [2.75, 3.05) is 62.6 Å². The second-order valence-electron chi connectivity index (χ2n) is 30.8. The number of hydrogen-bond acceptors (Lipinski definition) is 14. The number of β-amino-alcohol motifs (C(OH)–C–C–N with tert-alkyl or cyclic N) is 1. The minimum Gasteiger partial charge on any atom is -0.391 e. The van der Waals surface area contributed by atoms with E-state index in [4.69, 9.17) is 9.97 Å². The zero-order chi connectivity index (χ0) is 70.2. The molecule has 3 aromatic carbocycles. The number of likely N-dealkylation sites (tertiary alicyclic amines) is 4. The van der Waals surface area contributed by atoms with Gasteiger partial charge in [0.25, 0.3) is 5.91 Å². The van der Waals surface area contributed by atoms with Gasteiger partial charge in [-0.25, -0.2) is 19.3 Å². The second kappa shape index (κ2) is 29.9. The number of aromatic nitrogens is 4. The number of unbranched alkanes of at least 4 members (excludes halogenated alkanes) is 1. The number of nitrogens with one attached hydrogen (secondary N) is 4. The lowest BCUT2D eigenvalue weighted by Crippen LogP contribution is -2.58. The van der Waals surface area contributed by atoms with Crippen molar-refractivity contribution in [1.29, 1.82) is 0 Å². The summed E-state index contributed by atoms with van der Waals surface area (Å²) in [6.45, 7) is 24.8. The van der Waals surface area contributed by atoms with Crippen LogP contribution < -0.4 is 26.2 Å². The van der Waals surface area contributed by atoms with Gasteiger partial charge in [-0.3, -0.25) is 28.8 Å². The highest BCUT2D eigenvalue weighted by Gasteiger charge is 2.56. The molecule has 22 heteroatoms. The number of amides is 6. The van der Waals surface area contributed by atoms with Crippen LogP contribution in [0.2, 0.25) is 0 Å². The van der Waals surface area contributed by atoms with E-state index in [1.54, 1.807) is 30.7 Å². The molecular formula is C77H102FN13O7S. The van der Waals surface area contributed by atoms with Gasteiger partial charge in [0.15, 0.2) is 5.82 Å². The van der Waals surface area contributed by atoms with Crippen molar-refractivity contribution in [3.8, 4) is 21.7 Å². The molecule has 6 aromatic rings. The summed E-state index contributed by atoms with van der Waals surface area (Å²) in [6.07, 6.45) is 12.8. The molecule has 0 bridgehead atoms. The summed E-state index contributed by atoms with van der Waals surface area (Å²) in [5.41, 5.74) is 8.99. The molecule has 5 N–H and O–H groups in total. The number of carbonyl (C=O) groups excluding carboxylic acids is 6. The molecule has 4 saturated heterocycles. The fourth-order valence-electron chi connectivity index (χ4n) is 16.1. The molecule has 99 heavy (non-hydrogen) atoms. The van der Waals surface area contributed by atoms with Gasteiger partial charge < -0.3 is 55.4 Å². The summed E-state index contributed by atoms with van der Waals surface area (Å²) in [7, 11) is 0. The Morgan fingerprint density at radius 1 is 0.798 bits per heavy atom. The van der Waals surface area contributed by atoms with Gasteiger partial charge in [0.2, 0.25) is 29.5 Å². The fraction of sp³-hybridized carbons (Fsp3) is 0.571. The van der Waals surface area contributed by atoms with E-state index in [1.165, 1.54) is 30.2 Å². The molecule has 1 saturated carbocycles. The standard InChI is InChI=1S/C77H102FN13O7S/c1-46(2)81-72(95)58-41-62(60(78)36-48(58)5)84-71-68-63(79-44-90(68)47(3)4)42-61(83-71)54-22-23-59-64(37-54)91(56-38-55(39-56)87-29-14-11-15-30-87)75(98)77(59)27-34-88(35-28-77)67(94)26-33-86-31-24-51(25-32-86)16-12-13-17-66(93)85-70(76(8,9)10)74(97)89-43-57(92)40-65(89)73(96)82-49(6)52-18-20-53(21-19-52)69-50(7)80-45-99-69/h18-23,36-37,41-42,44-47,49,51,55-57,65,70,92H,11-17,24-35,38-40,43H2,1-10H3,(H,81,95)(H,82,96)(H,83,84)(H,85,93)/t49-,55?,56?,57+,65-,70+/m0/s1. The number of aryl methyl sites for hydroxylation is 2. The minimum absolute atomic E-state index is 0.00760. The Bertz CT molecular complexity index is 3950. The number of carbonyl (C=O) groups is 6. The maximum Gasteiger partial charge on any atom is 0.251 e. The lowest BCUT2D eigenvalue weighted by atomic mass is 9.73. The lowest BCUT2D eigenvalue weighted by molar-refractivity contribution is -0.144. The van der Waals surface area contributed by atoms with Gasteiger partial charge >= 0.3 is 0 Å². The van der Waals surface area contributed by atoms with Crippen molar-refractivity contribution in [3.63, 3.8) is 0 Å². The van der Waals surface area contributed by atoms with E-state index >= 15 is 9.18 Å². The predicted molar refractivity (Wildman–Crippen MR) is 386 cm³/mol. The zero-order valence-corrected chi connectivity index (χ0v) is 60.4. The van der Waals surface area contributed by atoms with Gasteiger partial charge in [-0.2, -0.15) is 0 Å². The Morgan fingerprint density at radius 3 is 2.19 bits per heavy atom. The number of nitrogens with zero attached hydrogens (tertiary/aromatic N) is 9. The first-order valence-corrected chi connectivity index (χ1v) is 37.3. The van der Waals surface area contributed by atoms with E-state index in [0.717, 1.165) is 103 Å². The molecule has 0 radical (unpaired) electrons. The van der Waals surface area contributed by atoms with E-state index in [9.17, 15) is 29.1 Å². The van der Waals surface area contributed by atoms with Gasteiger partial charge in [0.1, 0.15) is 23.4 Å². The maximum atomic E-state index is 16.0. The first-order valence-electron chi connectivity index (χ1n) is 36.4. The number of rotatable bonds is 22. The molecule has 5 aliphatic heterocycles. The molecule has 1 spiro atoms. The monoisotopic (exact) mass is 1370 g/mol. The topological polar surface area (TPSA) is 231 Å². The second-order valence-corrected chi connectivity index (χ2v) is 31.6. The molecule has 6 amide bonds. The quantitative estimate of drug-likeness (QED) is 0.0399. The molecule has 6 aliphatic rings. The minimum atomic E-state index is -0.892. The molecule has 0 unspecified atom stereocenters. The van der Waals surface area contributed by atoms with Crippen LogP contribution in [0.4, 0.5) is 21.6 Å². The number of pyridine rings is 1. The van der Waals surface area contributed by atoms with E-state index in [-0.39, 0.29) is 84.7 Å². The SMILES string of the molecule is Cc1cc(F)c(Nc2nc(-c3ccc4c(c3)N(C3CC(N5CCCCC5)C3)C(=O)C43CCN(C(=O)CCN4CCC(CCCCC(=O)N[C@H](C(=O)N5C[C@H](O)C[C@H]5C(=O)N[C@@H](C)c5ccc(-c6scnc6C)cc5)C(C)(C)C)CC4)CC3)cc3ncn(C(C)C)c23)cc1C(=O)NC(C)C. The normalized spacial score (nSPS) is 21.3. The Kier molecular flexibility index (Phi) is 21.5.